The summed E-state index contributed by atoms with van der Waals surface area (Å²) >= 11 is 0. The van der Waals surface area contributed by atoms with Crippen LogP contribution in [-0.2, 0) is 6.42 Å². The lowest BCUT2D eigenvalue weighted by atomic mass is 10.1. The molecular formula is C13H20N2O2. The van der Waals surface area contributed by atoms with Crippen LogP contribution in [0.1, 0.15) is 18.9 Å². The van der Waals surface area contributed by atoms with Crippen molar-refractivity contribution in [2.45, 2.75) is 25.8 Å². The lowest BCUT2D eigenvalue weighted by Crippen LogP contribution is -2.45. The number of carbonyl (C=O) groups is 1. The molecule has 0 radical (unpaired) electrons. The van der Waals surface area contributed by atoms with Gasteiger partial charge in [0.2, 0.25) is 0 Å². The van der Waals surface area contributed by atoms with Gasteiger partial charge in [0, 0.05) is 6.54 Å². The molecule has 1 aromatic carbocycles. The van der Waals surface area contributed by atoms with Crippen LogP contribution in [0.5, 0.6) is 0 Å². The van der Waals surface area contributed by atoms with Gasteiger partial charge in [-0.1, -0.05) is 37.3 Å². The number of rotatable bonds is 6. The third kappa shape index (κ3) is 5.36. The van der Waals surface area contributed by atoms with E-state index in [0.717, 1.165) is 12.0 Å². The maximum absolute atomic E-state index is 11.4. The third-order valence-electron chi connectivity index (χ3n) is 2.42. The minimum Gasteiger partial charge on any atom is -0.394 e. The number of hydrogen-bond acceptors (Lipinski definition) is 2. The summed E-state index contributed by atoms with van der Waals surface area (Å²) in [6, 6.07) is 9.33. The predicted molar refractivity (Wildman–Crippen MR) is 67.8 cm³/mol. The Kier molecular flexibility index (Phi) is 6.10. The lowest BCUT2D eigenvalue weighted by Gasteiger charge is -2.16. The molecule has 0 aliphatic carbocycles. The molecule has 0 aliphatic heterocycles. The molecule has 17 heavy (non-hydrogen) atoms. The normalized spacial score (nSPS) is 11.9. The van der Waals surface area contributed by atoms with Gasteiger partial charge in [-0.05, 0) is 18.4 Å². The Morgan fingerprint density at radius 1 is 1.35 bits per heavy atom. The number of carbonyl (C=O) groups excluding carboxylic acids is 1. The van der Waals surface area contributed by atoms with Gasteiger partial charge in [-0.3, -0.25) is 0 Å². The summed E-state index contributed by atoms with van der Waals surface area (Å²) in [5, 5.41) is 14.7. The van der Waals surface area contributed by atoms with Gasteiger partial charge in [0.05, 0.1) is 12.6 Å². The molecule has 2 amide bonds. The Morgan fingerprint density at radius 3 is 2.65 bits per heavy atom. The summed E-state index contributed by atoms with van der Waals surface area (Å²) in [5.74, 6) is 0. The second-order valence-corrected chi connectivity index (χ2v) is 3.97. The minimum absolute atomic E-state index is 0.0611. The Bertz CT molecular complexity index is 327. The summed E-state index contributed by atoms with van der Waals surface area (Å²) in [6.45, 7) is 2.58. The number of aliphatic hydroxyl groups is 1. The summed E-state index contributed by atoms with van der Waals surface area (Å²) in [5.41, 5.74) is 1.10. The average molecular weight is 236 g/mol. The zero-order valence-electron chi connectivity index (χ0n) is 10.1. The molecule has 94 valence electrons. The van der Waals surface area contributed by atoms with Crippen molar-refractivity contribution in [1.29, 1.82) is 0 Å². The van der Waals surface area contributed by atoms with Crippen molar-refractivity contribution in [3.63, 3.8) is 0 Å². The van der Waals surface area contributed by atoms with E-state index in [9.17, 15) is 9.90 Å². The highest BCUT2D eigenvalue weighted by Crippen LogP contribution is 2.02. The van der Waals surface area contributed by atoms with Crippen molar-refractivity contribution >= 4 is 6.03 Å². The molecule has 0 saturated heterocycles. The van der Waals surface area contributed by atoms with Gasteiger partial charge >= 0.3 is 6.03 Å². The molecule has 1 rings (SSSR count). The van der Waals surface area contributed by atoms with Crippen LogP contribution in [0, 0.1) is 0 Å². The zero-order chi connectivity index (χ0) is 12.5. The van der Waals surface area contributed by atoms with E-state index in [4.69, 9.17) is 0 Å². The molecule has 0 aliphatic rings. The molecule has 0 spiro atoms. The van der Waals surface area contributed by atoms with Crippen molar-refractivity contribution in [2.24, 2.45) is 0 Å². The van der Waals surface area contributed by atoms with E-state index in [-0.39, 0.29) is 18.7 Å². The van der Waals surface area contributed by atoms with Crippen LogP contribution >= 0.6 is 0 Å². The largest absolute Gasteiger partial charge is 0.394 e. The standard InChI is InChI=1S/C13H20N2O2/c1-2-8-14-13(17)15-12(10-16)9-11-6-4-3-5-7-11/h3-7,12,16H,2,8-10H2,1H3,(H2,14,15,17)/t12-/m1/s1. The molecule has 3 N–H and O–H groups in total. The van der Waals surface area contributed by atoms with E-state index < -0.39 is 0 Å². The first kappa shape index (κ1) is 13.5. The summed E-state index contributed by atoms with van der Waals surface area (Å²) in [4.78, 5) is 11.4. The molecule has 0 saturated carbocycles. The monoisotopic (exact) mass is 236 g/mol. The predicted octanol–water partition coefficient (Wildman–Crippen LogP) is 1.30. The molecule has 0 fully saturated rings. The van der Waals surface area contributed by atoms with Gasteiger partial charge in [-0.25, -0.2) is 4.79 Å². The Balaban J connectivity index is 2.41. The van der Waals surface area contributed by atoms with E-state index in [2.05, 4.69) is 10.6 Å². The molecule has 1 atom stereocenters. The smallest absolute Gasteiger partial charge is 0.315 e. The minimum atomic E-state index is -0.241. The van der Waals surface area contributed by atoms with Gasteiger partial charge in [-0.2, -0.15) is 0 Å². The highest BCUT2D eigenvalue weighted by molar-refractivity contribution is 5.74. The highest BCUT2D eigenvalue weighted by atomic mass is 16.3. The number of nitrogens with one attached hydrogen (secondary N) is 2. The van der Waals surface area contributed by atoms with E-state index in [1.165, 1.54) is 0 Å². The fourth-order valence-corrected chi connectivity index (χ4v) is 1.53. The van der Waals surface area contributed by atoms with Gasteiger partial charge in [0.25, 0.3) is 0 Å². The Labute approximate surface area is 102 Å². The molecule has 0 heterocycles. The van der Waals surface area contributed by atoms with Crippen LogP contribution in [0.4, 0.5) is 4.79 Å². The van der Waals surface area contributed by atoms with Gasteiger partial charge in [0.1, 0.15) is 0 Å². The zero-order valence-corrected chi connectivity index (χ0v) is 10.1. The van der Waals surface area contributed by atoms with Gasteiger partial charge in [0.15, 0.2) is 0 Å². The van der Waals surface area contributed by atoms with E-state index in [0.29, 0.717) is 13.0 Å². The van der Waals surface area contributed by atoms with Crippen LogP contribution in [0.15, 0.2) is 30.3 Å². The Hall–Kier alpha value is -1.55. The topological polar surface area (TPSA) is 61.4 Å². The maximum atomic E-state index is 11.4. The molecular weight excluding hydrogens is 216 g/mol. The van der Waals surface area contributed by atoms with Crippen LogP contribution in [-0.4, -0.2) is 30.3 Å². The molecule has 4 nitrogen and oxygen atoms in total. The van der Waals surface area contributed by atoms with E-state index >= 15 is 0 Å². The van der Waals surface area contributed by atoms with E-state index in [1.54, 1.807) is 0 Å². The number of hydrogen-bond donors (Lipinski definition) is 3. The van der Waals surface area contributed by atoms with Crippen LogP contribution in [0.3, 0.4) is 0 Å². The fourth-order valence-electron chi connectivity index (χ4n) is 1.53. The molecule has 0 unspecified atom stereocenters. The van der Waals surface area contributed by atoms with Crippen molar-refractivity contribution in [1.82, 2.24) is 10.6 Å². The van der Waals surface area contributed by atoms with Crippen LogP contribution in [0.2, 0.25) is 0 Å². The van der Waals surface area contributed by atoms with E-state index in [1.807, 2.05) is 37.3 Å². The number of benzene rings is 1. The summed E-state index contributed by atoms with van der Waals surface area (Å²) in [7, 11) is 0. The Morgan fingerprint density at radius 2 is 2.06 bits per heavy atom. The fraction of sp³-hybridized carbons (Fsp3) is 0.462. The third-order valence-corrected chi connectivity index (χ3v) is 2.42. The quantitative estimate of drug-likeness (QED) is 0.697. The second-order valence-electron chi connectivity index (χ2n) is 3.97. The highest BCUT2D eigenvalue weighted by Gasteiger charge is 2.11. The first-order valence-corrected chi connectivity index (χ1v) is 5.95. The molecule has 4 heteroatoms. The lowest BCUT2D eigenvalue weighted by molar-refractivity contribution is 0.216. The number of aliphatic hydroxyl groups excluding tert-OH is 1. The van der Waals surface area contributed by atoms with Crippen molar-refractivity contribution in [2.75, 3.05) is 13.2 Å². The first-order chi connectivity index (χ1) is 8.26. The first-order valence-electron chi connectivity index (χ1n) is 5.95. The maximum Gasteiger partial charge on any atom is 0.315 e. The molecule has 0 bridgehead atoms. The number of amides is 2. The van der Waals surface area contributed by atoms with Gasteiger partial charge < -0.3 is 15.7 Å². The second kappa shape index (κ2) is 7.68. The summed E-state index contributed by atoms with van der Waals surface area (Å²) < 4.78 is 0. The van der Waals surface area contributed by atoms with Crippen LogP contribution in [0.25, 0.3) is 0 Å². The number of urea groups is 1. The molecule has 1 aromatic rings. The van der Waals surface area contributed by atoms with Crippen molar-refractivity contribution < 1.29 is 9.90 Å². The summed E-state index contributed by atoms with van der Waals surface area (Å²) in [6.07, 6.45) is 1.53. The molecule has 0 aromatic heterocycles. The average Bonchev–Trinajstić information content (AvgIpc) is 2.36. The van der Waals surface area contributed by atoms with Gasteiger partial charge in [-0.15, -0.1) is 0 Å². The SMILES string of the molecule is CCCNC(=O)N[C@@H](CO)Cc1ccccc1. The van der Waals surface area contributed by atoms with Crippen molar-refractivity contribution in [3.05, 3.63) is 35.9 Å². The van der Waals surface area contributed by atoms with Crippen molar-refractivity contribution in [3.8, 4) is 0 Å². The van der Waals surface area contributed by atoms with Crippen LogP contribution < -0.4 is 10.6 Å².